The van der Waals surface area contributed by atoms with Crippen molar-refractivity contribution >= 4 is 29.4 Å². The molecule has 21 heavy (non-hydrogen) atoms. The monoisotopic (exact) mass is 305 g/mol. The number of carbonyl (C=O) groups is 1. The topological polar surface area (TPSA) is 82.0 Å². The number of aryl methyl sites for hydroxylation is 3. The predicted octanol–water partition coefficient (Wildman–Crippen LogP) is 3.36. The summed E-state index contributed by atoms with van der Waals surface area (Å²) < 4.78 is 5.26. The SMILES string of the molecule is CCCCc1noc(C)c1C=Cc1nc(C)c(C(N)=O)s1. The van der Waals surface area contributed by atoms with Crippen LogP contribution in [0.4, 0.5) is 0 Å². The molecule has 0 fully saturated rings. The van der Waals surface area contributed by atoms with Gasteiger partial charge >= 0.3 is 0 Å². The molecule has 0 spiro atoms. The van der Waals surface area contributed by atoms with E-state index in [1.165, 1.54) is 11.3 Å². The summed E-state index contributed by atoms with van der Waals surface area (Å²) in [6, 6.07) is 0. The fourth-order valence-electron chi connectivity index (χ4n) is 2.03. The first kappa shape index (κ1) is 15.4. The van der Waals surface area contributed by atoms with Crippen molar-refractivity contribution in [3.63, 3.8) is 0 Å². The van der Waals surface area contributed by atoms with Crippen molar-refractivity contribution in [2.24, 2.45) is 5.73 Å². The largest absolute Gasteiger partial charge is 0.365 e. The van der Waals surface area contributed by atoms with Gasteiger partial charge < -0.3 is 10.3 Å². The van der Waals surface area contributed by atoms with Crippen molar-refractivity contribution in [3.05, 3.63) is 32.6 Å². The maximum atomic E-state index is 11.2. The lowest BCUT2D eigenvalue weighted by molar-refractivity contribution is 0.100. The molecule has 0 saturated carbocycles. The molecule has 2 N–H and O–H groups in total. The molecule has 1 amide bonds. The van der Waals surface area contributed by atoms with Gasteiger partial charge in [0.25, 0.3) is 5.91 Å². The molecule has 0 aliphatic rings. The summed E-state index contributed by atoms with van der Waals surface area (Å²) in [5.74, 6) is 0.357. The Kier molecular flexibility index (Phi) is 4.90. The second-order valence-electron chi connectivity index (χ2n) is 4.87. The molecule has 112 valence electrons. The highest BCUT2D eigenvalue weighted by Gasteiger charge is 2.12. The van der Waals surface area contributed by atoms with Crippen molar-refractivity contribution in [2.75, 3.05) is 0 Å². The summed E-state index contributed by atoms with van der Waals surface area (Å²) in [5, 5.41) is 4.85. The van der Waals surface area contributed by atoms with Crippen molar-refractivity contribution in [3.8, 4) is 0 Å². The number of rotatable bonds is 6. The number of hydrogen-bond acceptors (Lipinski definition) is 5. The van der Waals surface area contributed by atoms with E-state index in [9.17, 15) is 4.79 Å². The fourth-order valence-corrected chi connectivity index (χ4v) is 2.86. The van der Waals surface area contributed by atoms with Crippen molar-refractivity contribution < 1.29 is 9.32 Å². The summed E-state index contributed by atoms with van der Waals surface area (Å²) in [7, 11) is 0. The van der Waals surface area contributed by atoms with E-state index in [-0.39, 0.29) is 0 Å². The average molecular weight is 305 g/mol. The first-order valence-corrected chi connectivity index (χ1v) is 7.75. The molecule has 0 bridgehead atoms. The van der Waals surface area contributed by atoms with E-state index in [1.807, 2.05) is 19.1 Å². The normalized spacial score (nSPS) is 11.4. The Bertz CT molecular complexity index is 671. The van der Waals surface area contributed by atoms with Crippen LogP contribution in [0.15, 0.2) is 4.52 Å². The van der Waals surface area contributed by atoms with Gasteiger partial charge in [-0.1, -0.05) is 18.5 Å². The van der Waals surface area contributed by atoms with Crippen molar-refractivity contribution in [1.82, 2.24) is 10.1 Å². The van der Waals surface area contributed by atoms with Gasteiger partial charge in [0.05, 0.1) is 11.4 Å². The minimum Gasteiger partial charge on any atom is -0.365 e. The van der Waals surface area contributed by atoms with Crippen LogP contribution in [0.25, 0.3) is 12.2 Å². The third-order valence-corrected chi connectivity index (χ3v) is 4.32. The third-order valence-electron chi connectivity index (χ3n) is 3.18. The van der Waals surface area contributed by atoms with Crippen LogP contribution in [-0.2, 0) is 6.42 Å². The zero-order valence-electron chi connectivity index (χ0n) is 12.5. The molecule has 2 aromatic heterocycles. The van der Waals surface area contributed by atoms with E-state index in [4.69, 9.17) is 10.3 Å². The summed E-state index contributed by atoms with van der Waals surface area (Å²) in [4.78, 5) is 16.1. The number of carbonyl (C=O) groups excluding carboxylic acids is 1. The summed E-state index contributed by atoms with van der Waals surface area (Å²) in [6.45, 7) is 5.82. The van der Waals surface area contributed by atoms with Gasteiger partial charge in [-0.25, -0.2) is 4.98 Å². The Balaban J connectivity index is 2.23. The molecular weight excluding hydrogens is 286 g/mol. The lowest BCUT2D eigenvalue weighted by Crippen LogP contribution is -2.09. The Hall–Kier alpha value is -1.95. The molecule has 0 aromatic carbocycles. The summed E-state index contributed by atoms with van der Waals surface area (Å²) in [6.07, 6.45) is 6.91. The smallest absolute Gasteiger partial charge is 0.260 e. The highest BCUT2D eigenvalue weighted by Crippen LogP contribution is 2.22. The van der Waals surface area contributed by atoms with E-state index in [2.05, 4.69) is 17.1 Å². The van der Waals surface area contributed by atoms with Crippen molar-refractivity contribution in [2.45, 2.75) is 40.0 Å². The van der Waals surface area contributed by atoms with Crippen LogP contribution in [0.2, 0.25) is 0 Å². The molecule has 0 radical (unpaired) electrons. The molecule has 0 unspecified atom stereocenters. The lowest BCUT2D eigenvalue weighted by Gasteiger charge is -1.95. The standard InChI is InChI=1S/C15H19N3O2S/c1-4-5-6-12-11(10(3)20-18-12)7-8-13-17-9(2)14(21-13)15(16)19/h7-8H,4-6H2,1-3H3,(H2,16,19). The van der Waals surface area contributed by atoms with Crippen LogP contribution in [0, 0.1) is 13.8 Å². The van der Waals surface area contributed by atoms with Gasteiger partial charge in [-0.05, 0) is 38.8 Å². The maximum absolute atomic E-state index is 11.2. The third kappa shape index (κ3) is 3.58. The number of aromatic nitrogens is 2. The minimum absolute atomic E-state index is 0.436. The Morgan fingerprint density at radius 3 is 2.76 bits per heavy atom. The predicted molar refractivity (Wildman–Crippen MR) is 84.1 cm³/mol. The molecule has 6 heteroatoms. The highest BCUT2D eigenvalue weighted by atomic mass is 32.1. The number of unbranched alkanes of at least 4 members (excludes halogenated alkanes) is 1. The van der Waals surface area contributed by atoms with E-state index < -0.39 is 5.91 Å². The molecule has 5 nitrogen and oxygen atoms in total. The second kappa shape index (κ2) is 6.67. The molecular formula is C15H19N3O2S. The Morgan fingerprint density at radius 2 is 2.14 bits per heavy atom. The molecule has 0 atom stereocenters. The van der Waals surface area contributed by atoms with Gasteiger partial charge in [-0.3, -0.25) is 4.79 Å². The van der Waals surface area contributed by atoms with Crippen LogP contribution < -0.4 is 5.73 Å². The Morgan fingerprint density at radius 1 is 1.38 bits per heavy atom. The van der Waals surface area contributed by atoms with E-state index in [0.717, 1.165) is 41.3 Å². The van der Waals surface area contributed by atoms with Crippen molar-refractivity contribution in [1.29, 1.82) is 0 Å². The van der Waals surface area contributed by atoms with Crippen LogP contribution in [0.5, 0.6) is 0 Å². The van der Waals surface area contributed by atoms with Gasteiger partial charge in [0.15, 0.2) is 0 Å². The van der Waals surface area contributed by atoms with Crippen LogP contribution >= 0.6 is 11.3 Å². The quantitative estimate of drug-likeness (QED) is 0.887. The number of thiazole rings is 1. The number of hydrogen-bond donors (Lipinski definition) is 1. The van der Waals surface area contributed by atoms with E-state index in [0.29, 0.717) is 10.6 Å². The van der Waals surface area contributed by atoms with Crippen LogP contribution in [0.1, 0.15) is 57.2 Å². The number of primary amides is 1. The van der Waals surface area contributed by atoms with Gasteiger partial charge in [0.1, 0.15) is 15.6 Å². The summed E-state index contributed by atoms with van der Waals surface area (Å²) >= 11 is 1.30. The summed E-state index contributed by atoms with van der Waals surface area (Å²) in [5.41, 5.74) is 7.94. The molecule has 2 heterocycles. The fraction of sp³-hybridized carbons (Fsp3) is 0.400. The van der Waals surface area contributed by atoms with Crippen LogP contribution in [0.3, 0.4) is 0 Å². The molecule has 0 saturated heterocycles. The highest BCUT2D eigenvalue weighted by molar-refractivity contribution is 7.14. The minimum atomic E-state index is -0.436. The van der Waals surface area contributed by atoms with Gasteiger partial charge in [0.2, 0.25) is 0 Å². The van der Waals surface area contributed by atoms with E-state index >= 15 is 0 Å². The molecule has 2 aromatic rings. The van der Waals surface area contributed by atoms with Crippen LogP contribution in [-0.4, -0.2) is 16.0 Å². The van der Waals surface area contributed by atoms with Gasteiger partial charge in [0, 0.05) is 5.56 Å². The first-order valence-electron chi connectivity index (χ1n) is 6.93. The van der Waals surface area contributed by atoms with Gasteiger partial charge in [-0.2, -0.15) is 0 Å². The zero-order valence-corrected chi connectivity index (χ0v) is 13.3. The molecule has 0 aliphatic carbocycles. The molecule has 0 aliphatic heterocycles. The second-order valence-corrected chi connectivity index (χ2v) is 5.90. The number of nitrogens with zero attached hydrogens (tertiary/aromatic N) is 2. The Labute approximate surface area is 127 Å². The maximum Gasteiger partial charge on any atom is 0.260 e. The lowest BCUT2D eigenvalue weighted by atomic mass is 10.1. The van der Waals surface area contributed by atoms with Gasteiger partial charge in [-0.15, -0.1) is 11.3 Å². The van der Waals surface area contributed by atoms with E-state index in [1.54, 1.807) is 6.92 Å². The molecule has 2 rings (SSSR count). The zero-order chi connectivity index (χ0) is 15.4. The number of amides is 1. The first-order chi connectivity index (χ1) is 10.0. The average Bonchev–Trinajstić information content (AvgIpc) is 2.97. The number of nitrogens with two attached hydrogens (primary N) is 1.